The molecule has 5 N–H and O–H groups in total. The third kappa shape index (κ3) is 12.0. The first kappa shape index (κ1) is 37.5. The van der Waals surface area contributed by atoms with Crippen LogP contribution >= 0.6 is 11.8 Å². The number of carbonyl (C=O) groups excluding carboxylic acids is 1. The number of amides is 2. The number of hydrogen-bond acceptors (Lipinski definition) is 8. The second kappa shape index (κ2) is 18.4. The Morgan fingerprint density at radius 1 is 0.894 bits per heavy atom. The van der Waals surface area contributed by atoms with Gasteiger partial charge in [0.25, 0.3) is 0 Å². The fraction of sp³-hybridized carbons (Fsp3) is 0.382. The monoisotopic (exact) mass is 684 g/mol. The largest absolute Gasteiger partial charge is 0.465 e. The molecule has 3 rings (SSSR count). The molecule has 0 spiro atoms. The smallest absolute Gasteiger partial charge is 0.405 e. The Labute approximate surface area is 281 Å². The van der Waals surface area contributed by atoms with Crippen molar-refractivity contribution in [1.29, 1.82) is 0 Å². The van der Waals surface area contributed by atoms with Crippen LogP contribution in [0.2, 0.25) is 0 Å². The van der Waals surface area contributed by atoms with E-state index in [9.17, 15) is 28.2 Å². The van der Waals surface area contributed by atoms with Crippen LogP contribution in [0.3, 0.4) is 0 Å². The van der Waals surface area contributed by atoms with Crippen molar-refractivity contribution >= 4 is 40.0 Å². The van der Waals surface area contributed by atoms with Crippen LogP contribution in [0.15, 0.2) is 95.0 Å². The van der Waals surface area contributed by atoms with E-state index in [1.54, 1.807) is 0 Å². The summed E-state index contributed by atoms with van der Waals surface area (Å²) in [6, 6.07) is 22.6. The summed E-state index contributed by atoms with van der Waals surface area (Å²) < 4.78 is 28.7. The lowest BCUT2D eigenvalue weighted by Gasteiger charge is -2.32. The molecule has 0 bridgehead atoms. The van der Waals surface area contributed by atoms with Gasteiger partial charge in [0.2, 0.25) is 15.9 Å². The van der Waals surface area contributed by atoms with Crippen LogP contribution in [0.25, 0.3) is 0 Å². The molecule has 4 atom stereocenters. The van der Waals surface area contributed by atoms with Crippen LogP contribution in [0, 0.1) is 5.92 Å². The van der Waals surface area contributed by atoms with Crippen LogP contribution in [0.1, 0.15) is 37.0 Å². The zero-order valence-electron chi connectivity index (χ0n) is 26.8. The minimum atomic E-state index is -4.08. The minimum absolute atomic E-state index is 0.00340. The standard InChI is InChI=1S/C34H44N4O7S2/c1-24(2)22-38(47(44,45)29-16-14-27(15-17-29)21-35-43)23-32(39)30(19-26-12-8-5-9-13-26)36-33(40)31(37-34(41)42)20-28(46-3)18-25-10-6-4-7-11-25/h4-17,21,24,28,30-32,37,39,43H,18-20,22-23H2,1-3H3,(H,36,40)(H,41,42)/t28?,30-,31-,32-/m0/s1. The molecule has 3 aromatic rings. The maximum atomic E-state index is 13.8. The molecule has 3 aromatic carbocycles. The molecule has 47 heavy (non-hydrogen) atoms. The molecule has 0 aromatic heterocycles. The molecular weight excluding hydrogens is 641 g/mol. The first-order valence-corrected chi connectivity index (χ1v) is 18.0. The van der Waals surface area contributed by atoms with E-state index in [1.807, 2.05) is 80.8 Å². The number of aliphatic hydroxyl groups excluding tert-OH is 1. The van der Waals surface area contributed by atoms with Crippen molar-refractivity contribution in [2.24, 2.45) is 11.1 Å². The van der Waals surface area contributed by atoms with Crippen molar-refractivity contribution in [3.63, 3.8) is 0 Å². The van der Waals surface area contributed by atoms with Crippen molar-refractivity contribution < 1.29 is 33.4 Å². The summed E-state index contributed by atoms with van der Waals surface area (Å²) in [5, 5.41) is 38.1. The van der Waals surface area contributed by atoms with Crippen LogP contribution in [0.5, 0.6) is 0 Å². The summed E-state index contributed by atoms with van der Waals surface area (Å²) in [6.45, 7) is 3.50. The number of benzene rings is 3. The SMILES string of the molecule is CSC(Cc1ccccc1)C[C@H](NC(=O)O)C(=O)N[C@@H](Cc1ccccc1)[C@@H](O)CN(CC(C)C)S(=O)(=O)c1ccc(C=NO)cc1. The molecule has 0 aliphatic rings. The van der Waals surface area contributed by atoms with E-state index >= 15 is 0 Å². The molecule has 0 fully saturated rings. The molecule has 0 saturated heterocycles. The second-order valence-corrected chi connectivity index (χ2v) is 14.8. The molecule has 0 radical (unpaired) electrons. The zero-order valence-corrected chi connectivity index (χ0v) is 28.4. The average Bonchev–Trinajstić information content (AvgIpc) is 3.04. The molecule has 0 aliphatic carbocycles. The Morgan fingerprint density at radius 3 is 1.98 bits per heavy atom. The lowest BCUT2D eigenvalue weighted by atomic mass is 9.99. The van der Waals surface area contributed by atoms with Gasteiger partial charge in [-0.2, -0.15) is 16.1 Å². The average molecular weight is 685 g/mol. The van der Waals surface area contributed by atoms with Gasteiger partial charge in [-0.25, -0.2) is 13.2 Å². The van der Waals surface area contributed by atoms with Gasteiger partial charge >= 0.3 is 6.09 Å². The number of rotatable bonds is 18. The fourth-order valence-electron chi connectivity index (χ4n) is 5.17. The highest BCUT2D eigenvalue weighted by atomic mass is 32.2. The predicted octanol–water partition coefficient (Wildman–Crippen LogP) is 4.23. The zero-order chi connectivity index (χ0) is 34.4. The van der Waals surface area contributed by atoms with Gasteiger partial charge in [0.1, 0.15) is 6.04 Å². The van der Waals surface area contributed by atoms with Gasteiger partial charge in [-0.15, -0.1) is 0 Å². The van der Waals surface area contributed by atoms with Gasteiger partial charge in [0, 0.05) is 18.3 Å². The first-order valence-electron chi connectivity index (χ1n) is 15.3. The summed E-state index contributed by atoms with van der Waals surface area (Å²) >= 11 is 1.53. The van der Waals surface area contributed by atoms with E-state index in [0.29, 0.717) is 12.0 Å². The Morgan fingerprint density at radius 2 is 1.47 bits per heavy atom. The van der Waals surface area contributed by atoms with Gasteiger partial charge < -0.3 is 26.1 Å². The van der Waals surface area contributed by atoms with Crippen LogP contribution in [0.4, 0.5) is 4.79 Å². The number of sulfonamides is 1. The Kier molecular flexibility index (Phi) is 14.7. The molecule has 254 valence electrons. The molecular formula is C34H44N4O7S2. The quantitative estimate of drug-likeness (QED) is 0.0754. The van der Waals surface area contributed by atoms with Crippen molar-refractivity contribution in [3.8, 4) is 0 Å². The predicted molar refractivity (Wildman–Crippen MR) is 185 cm³/mol. The number of nitrogens with one attached hydrogen (secondary N) is 2. The maximum absolute atomic E-state index is 13.8. The number of carboxylic acid groups (broad SMARTS) is 1. The second-order valence-electron chi connectivity index (χ2n) is 11.7. The first-order chi connectivity index (χ1) is 22.4. The number of nitrogens with zero attached hydrogens (tertiary/aromatic N) is 2. The summed E-state index contributed by atoms with van der Waals surface area (Å²) in [7, 11) is -4.08. The van der Waals surface area contributed by atoms with Gasteiger partial charge in [-0.3, -0.25) is 4.79 Å². The third-order valence-corrected chi connectivity index (χ3v) is 10.4. The third-order valence-electron chi connectivity index (χ3n) is 7.53. The van der Waals surface area contributed by atoms with E-state index in [1.165, 1.54) is 46.5 Å². The summed E-state index contributed by atoms with van der Waals surface area (Å²) in [4.78, 5) is 25.5. The minimum Gasteiger partial charge on any atom is -0.465 e. The van der Waals surface area contributed by atoms with E-state index in [-0.39, 0.29) is 42.0 Å². The van der Waals surface area contributed by atoms with Gasteiger partial charge in [-0.05, 0) is 60.3 Å². The summed E-state index contributed by atoms with van der Waals surface area (Å²) in [5.41, 5.74) is 2.36. The number of thioether (sulfide) groups is 1. The molecule has 2 amide bonds. The van der Waals surface area contributed by atoms with Gasteiger partial charge in [0.15, 0.2) is 0 Å². The molecule has 13 heteroatoms. The Bertz CT molecular complexity index is 1540. The fourth-order valence-corrected chi connectivity index (χ4v) is 7.54. The van der Waals surface area contributed by atoms with Crippen molar-refractivity contribution in [2.45, 2.75) is 61.4 Å². The van der Waals surface area contributed by atoms with E-state index in [2.05, 4.69) is 15.8 Å². The van der Waals surface area contributed by atoms with Crippen LogP contribution < -0.4 is 10.6 Å². The maximum Gasteiger partial charge on any atom is 0.405 e. The van der Waals surface area contributed by atoms with Crippen molar-refractivity contribution in [2.75, 3.05) is 19.3 Å². The van der Waals surface area contributed by atoms with E-state index in [4.69, 9.17) is 5.21 Å². The summed E-state index contributed by atoms with van der Waals surface area (Å²) in [5.74, 6) is -0.698. The highest BCUT2D eigenvalue weighted by Crippen LogP contribution is 2.22. The number of carbonyl (C=O) groups is 2. The van der Waals surface area contributed by atoms with Gasteiger partial charge in [-0.1, -0.05) is 91.8 Å². The number of oxime groups is 1. The topological polar surface area (TPSA) is 169 Å². The highest BCUT2D eigenvalue weighted by molar-refractivity contribution is 7.99. The number of hydrogen-bond donors (Lipinski definition) is 5. The van der Waals surface area contributed by atoms with E-state index in [0.717, 1.165) is 11.1 Å². The molecule has 11 nitrogen and oxygen atoms in total. The van der Waals surface area contributed by atoms with E-state index < -0.39 is 40.2 Å². The normalized spacial score (nSPS) is 14.5. The summed E-state index contributed by atoms with van der Waals surface area (Å²) in [6.07, 6.45) is 1.39. The lowest BCUT2D eigenvalue weighted by Crippen LogP contribution is -2.56. The number of aliphatic hydroxyl groups is 1. The molecule has 1 unspecified atom stereocenters. The molecule has 0 aliphatic heterocycles. The Balaban J connectivity index is 1.88. The highest BCUT2D eigenvalue weighted by Gasteiger charge is 2.33. The molecule has 0 saturated carbocycles. The van der Waals surface area contributed by atoms with Crippen LogP contribution in [-0.4, -0.2) is 89.1 Å². The Hall–Kier alpha value is -3.91. The molecule has 0 heterocycles. The van der Waals surface area contributed by atoms with Crippen molar-refractivity contribution in [3.05, 3.63) is 102 Å². The van der Waals surface area contributed by atoms with Gasteiger partial charge in [0.05, 0.1) is 23.3 Å². The van der Waals surface area contributed by atoms with Crippen molar-refractivity contribution in [1.82, 2.24) is 14.9 Å². The lowest BCUT2D eigenvalue weighted by molar-refractivity contribution is -0.124. The van der Waals surface area contributed by atoms with Crippen LogP contribution in [-0.2, 0) is 27.7 Å².